The maximum Gasteiger partial charge on any atom is 0.417 e. The molecule has 0 bridgehead atoms. The SMILES string of the molecule is COCCn1cc(NC(=O)c2cnc3ccc(-c4ccccc4C(F)(F)F)nn23)ccc1=O. The van der Waals surface area contributed by atoms with Crippen LogP contribution in [-0.2, 0) is 17.5 Å². The van der Waals surface area contributed by atoms with Crippen molar-refractivity contribution in [3.05, 3.63) is 82.5 Å². The van der Waals surface area contributed by atoms with Crippen molar-refractivity contribution in [1.29, 1.82) is 0 Å². The number of aromatic nitrogens is 4. The van der Waals surface area contributed by atoms with Crippen LogP contribution in [0.25, 0.3) is 16.9 Å². The topological polar surface area (TPSA) is 90.5 Å². The van der Waals surface area contributed by atoms with Crippen molar-refractivity contribution in [2.24, 2.45) is 0 Å². The Bertz CT molecular complexity index is 1380. The molecular formula is C22H18F3N5O3. The summed E-state index contributed by atoms with van der Waals surface area (Å²) in [6, 6.07) is 10.7. The summed E-state index contributed by atoms with van der Waals surface area (Å²) in [6.07, 6.45) is -1.81. The fourth-order valence-electron chi connectivity index (χ4n) is 3.29. The van der Waals surface area contributed by atoms with Crippen LogP contribution in [0.5, 0.6) is 0 Å². The summed E-state index contributed by atoms with van der Waals surface area (Å²) in [5, 5.41) is 6.89. The van der Waals surface area contributed by atoms with Gasteiger partial charge >= 0.3 is 6.18 Å². The molecule has 1 amide bonds. The van der Waals surface area contributed by atoms with Gasteiger partial charge in [-0.05, 0) is 24.3 Å². The van der Waals surface area contributed by atoms with Crippen molar-refractivity contribution in [2.45, 2.75) is 12.7 Å². The van der Waals surface area contributed by atoms with Crippen molar-refractivity contribution in [3.63, 3.8) is 0 Å². The summed E-state index contributed by atoms with van der Waals surface area (Å²) in [4.78, 5) is 28.9. The number of hydrogen-bond acceptors (Lipinski definition) is 5. The van der Waals surface area contributed by atoms with Gasteiger partial charge < -0.3 is 14.6 Å². The van der Waals surface area contributed by atoms with Crippen LogP contribution in [0, 0.1) is 0 Å². The van der Waals surface area contributed by atoms with E-state index in [1.54, 1.807) is 0 Å². The fourth-order valence-corrected chi connectivity index (χ4v) is 3.29. The molecule has 0 aliphatic heterocycles. The van der Waals surface area contributed by atoms with Gasteiger partial charge in [0.2, 0.25) is 0 Å². The number of carbonyl (C=O) groups is 1. The fraction of sp³-hybridized carbons (Fsp3) is 0.182. The third kappa shape index (κ3) is 4.62. The molecule has 8 nitrogen and oxygen atoms in total. The number of hydrogen-bond donors (Lipinski definition) is 1. The lowest BCUT2D eigenvalue weighted by atomic mass is 10.0. The van der Waals surface area contributed by atoms with E-state index in [1.165, 1.54) is 71.1 Å². The van der Waals surface area contributed by atoms with E-state index in [2.05, 4.69) is 15.4 Å². The molecule has 0 unspecified atom stereocenters. The molecule has 11 heteroatoms. The molecule has 0 spiro atoms. The van der Waals surface area contributed by atoms with Gasteiger partial charge in [-0.25, -0.2) is 9.50 Å². The Morgan fingerprint density at radius 3 is 2.67 bits per heavy atom. The second-order valence-corrected chi connectivity index (χ2v) is 7.07. The van der Waals surface area contributed by atoms with Gasteiger partial charge in [-0.3, -0.25) is 9.59 Å². The molecule has 4 rings (SSSR count). The first-order chi connectivity index (χ1) is 15.8. The van der Waals surface area contributed by atoms with Crippen LogP contribution in [0.4, 0.5) is 18.9 Å². The summed E-state index contributed by atoms with van der Waals surface area (Å²) in [6.45, 7) is 0.620. The number of fused-ring (bicyclic) bond motifs is 1. The average molecular weight is 457 g/mol. The summed E-state index contributed by atoms with van der Waals surface area (Å²) >= 11 is 0. The molecule has 1 N–H and O–H groups in total. The smallest absolute Gasteiger partial charge is 0.383 e. The minimum Gasteiger partial charge on any atom is -0.383 e. The number of imidazole rings is 1. The molecule has 33 heavy (non-hydrogen) atoms. The Hall–Kier alpha value is -3.99. The number of rotatable bonds is 6. The predicted molar refractivity (Wildman–Crippen MR) is 114 cm³/mol. The van der Waals surface area contributed by atoms with Gasteiger partial charge in [-0.1, -0.05) is 18.2 Å². The number of pyridine rings is 1. The second-order valence-electron chi connectivity index (χ2n) is 7.07. The average Bonchev–Trinajstić information content (AvgIpc) is 3.22. The molecule has 0 aliphatic carbocycles. The molecule has 170 valence electrons. The first kappa shape index (κ1) is 22.2. The first-order valence-corrected chi connectivity index (χ1v) is 9.80. The zero-order chi connectivity index (χ0) is 23.6. The maximum absolute atomic E-state index is 13.4. The minimum absolute atomic E-state index is 0.0194. The molecule has 3 heterocycles. The summed E-state index contributed by atoms with van der Waals surface area (Å²) < 4.78 is 47.8. The van der Waals surface area contributed by atoms with Crippen LogP contribution < -0.4 is 10.9 Å². The Kier molecular flexibility index (Phi) is 5.97. The van der Waals surface area contributed by atoms with Crippen LogP contribution in [0.15, 0.2) is 65.7 Å². The van der Waals surface area contributed by atoms with Crippen molar-refractivity contribution in [3.8, 4) is 11.3 Å². The summed E-state index contributed by atoms with van der Waals surface area (Å²) in [5.74, 6) is -0.590. The van der Waals surface area contributed by atoms with Crippen molar-refractivity contribution in [1.82, 2.24) is 19.2 Å². The maximum atomic E-state index is 13.4. The third-order valence-corrected chi connectivity index (χ3v) is 4.88. The van der Waals surface area contributed by atoms with E-state index < -0.39 is 17.6 Å². The lowest BCUT2D eigenvalue weighted by Crippen LogP contribution is -2.22. The number of carbonyl (C=O) groups excluding carboxylic acids is 1. The highest BCUT2D eigenvalue weighted by Gasteiger charge is 2.33. The van der Waals surface area contributed by atoms with Gasteiger partial charge in [0, 0.05) is 31.5 Å². The molecule has 0 saturated heterocycles. The zero-order valence-corrected chi connectivity index (χ0v) is 17.3. The van der Waals surface area contributed by atoms with Crippen molar-refractivity contribution in [2.75, 3.05) is 19.0 Å². The first-order valence-electron chi connectivity index (χ1n) is 9.80. The van der Waals surface area contributed by atoms with E-state index in [0.717, 1.165) is 6.07 Å². The highest BCUT2D eigenvalue weighted by Crippen LogP contribution is 2.36. The van der Waals surface area contributed by atoms with Crippen LogP contribution in [-0.4, -0.2) is 38.8 Å². The van der Waals surface area contributed by atoms with Gasteiger partial charge in [-0.2, -0.15) is 18.3 Å². The second kappa shape index (κ2) is 8.87. The quantitative estimate of drug-likeness (QED) is 0.479. The normalized spacial score (nSPS) is 11.6. The highest BCUT2D eigenvalue weighted by molar-refractivity contribution is 6.03. The van der Waals surface area contributed by atoms with E-state index in [4.69, 9.17) is 4.74 Å². The predicted octanol–water partition coefficient (Wildman–Crippen LogP) is 3.48. The molecule has 0 atom stereocenters. The molecule has 3 aromatic heterocycles. The standard InChI is InChI=1S/C22H18F3N5O3/c1-33-11-10-29-13-14(6-9-20(29)31)27-21(32)18-12-26-19-8-7-17(28-30(18)19)15-4-2-3-5-16(15)22(23,24)25/h2-9,12-13H,10-11H2,1H3,(H,27,32). The number of nitrogens with one attached hydrogen (secondary N) is 1. The molecule has 0 aliphatic rings. The number of nitrogens with zero attached hydrogens (tertiary/aromatic N) is 4. The van der Waals surface area contributed by atoms with Gasteiger partial charge in [0.1, 0.15) is 0 Å². The monoisotopic (exact) mass is 457 g/mol. The molecule has 0 radical (unpaired) electrons. The summed E-state index contributed by atoms with van der Waals surface area (Å²) in [5.41, 5.74) is -0.503. The van der Waals surface area contributed by atoms with Gasteiger partial charge in [0.15, 0.2) is 11.3 Å². The zero-order valence-electron chi connectivity index (χ0n) is 17.3. The van der Waals surface area contributed by atoms with Crippen LogP contribution in [0.1, 0.15) is 16.1 Å². The number of ether oxygens (including phenoxy) is 1. The van der Waals surface area contributed by atoms with Gasteiger partial charge in [0.25, 0.3) is 11.5 Å². The number of anilines is 1. The number of methoxy groups -OCH3 is 1. The van der Waals surface area contributed by atoms with E-state index in [0.29, 0.717) is 24.5 Å². The number of halogens is 3. The van der Waals surface area contributed by atoms with Crippen molar-refractivity contribution < 1.29 is 22.7 Å². The van der Waals surface area contributed by atoms with Gasteiger partial charge in [-0.15, -0.1) is 0 Å². The number of benzene rings is 1. The molecule has 0 saturated carbocycles. The number of amides is 1. The van der Waals surface area contributed by atoms with E-state index >= 15 is 0 Å². The Morgan fingerprint density at radius 1 is 1.12 bits per heavy atom. The molecule has 1 aromatic carbocycles. The van der Waals surface area contributed by atoms with Gasteiger partial charge in [0.05, 0.1) is 29.7 Å². The summed E-state index contributed by atoms with van der Waals surface area (Å²) in [7, 11) is 1.51. The Balaban J connectivity index is 1.68. The number of alkyl halides is 3. The van der Waals surface area contributed by atoms with Crippen LogP contribution in [0.3, 0.4) is 0 Å². The Labute approximate surface area is 185 Å². The van der Waals surface area contributed by atoms with E-state index in [9.17, 15) is 22.8 Å². The lowest BCUT2D eigenvalue weighted by Gasteiger charge is -2.12. The highest BCUT2D eigenvalue weighted by atomic mass is 19.4. The largest absolute Gasteiger partial charge is 0.417 e. The lowest BCUT2D eigenvalue weighted by molar-refractivity contribution is -0.137. The molecular weight excluding hydrogens is 439 g/mol. The van der Waals surface area contributed by atoms with E-state index in [1.807, 2.05) is 0 Å². The van der Waals surface area contributed by atoms with Crippen LogP contribution >= 0.6 is 0 Å². The van der Waals surface area contributed by atoms with Crippen LogP contribution in [0.2, 0.25) is 0 Å². The Morgan fingerprint density at radius 2 is 1.91 bits per heavy atom. The van der Waals surface area contributed by atoms with E-state index in [-0.39, 0.29) is 22.5 Å². The molecule has 4 aromatic rings. The third-order valence-electron chi connectivity index (χ3n) is 4.88. The van der Waals surface area contributed by atoms with Crippen molar-refractivity contribution >= 4 is 17.2 Å². The minimum atomic E-state index is -4.56. The molecule has 0 fully saturated rings.